The summed E-state index contributed by atoms with van der Waals surface area (Å²) >= 11 is 5.37. The first-order valence-corrected chi connectivity index (χ1v) is 3.15. The number of carbonyl (C=O) groups is 1. The van der Waals surface area contributed by atoms with Crippen molar-refractivity contribution in [3.63, 3.8) is 0 Å². The van der Waals surface area contributed by atoms with Gasteiger partial charge in [-0.25, -0.2) is 4.39 Å². The zero-order valence-corrected chi connectivity index (χ0v) is 9.06. The molecule has 0 unspecified atom stereocenters. The van der Waals surface area contributed by atoms with E-state index in [1.165, 1.54) is 6.07 Å². The molecule has 0 saturated heterocycles. The fraction of sp³-hybridized carbons (Fsp3) is 0. The molecule has 0 aliphatic carbocycles. The Hall–Kier alpha value is -0.0900. The van der Waals surface area contributed by atoms with Gasteiger partial charge in [-0.1, -0.05) is 11.6 Å². The summed E-state index contributed by atoms with van der Waals surface area (Å²) in [5, 5.41) is 10.3. The van der Waals surface area contributed by atoms with Gasteiger partial charge in [0.05, 0.1) is 5.97 Å². The fourth-order valence-electron chi connectivity index (χ4n) is 0.655. The summed E-state index contributed by atoms with van der Waals surface area (Å²) < 4.78 is 12.6. The topological polar surface area (TPSA) is 40.1 Å². The van der Waals surface area contributed by atoms with Gasteiger partial charge < -0.3 is 9.90 Å². The van der Waals surface area contributed by atoms with E-state index in [-0.39, 0.29) is 34.6 Å². The van der Waals surface area contributed by atoms with E-state index in [1.54, 1.807) is 0 Å². The first kappa shape index (κ1) is 11.9. The zero-order valence-electron chi connectivity index (χ0n) is 6.30. The first-order valence-electron chi connectivity index (χ1n) is 2.77. The fourth-order valence-corrected chi connectivity index (χ4v) is 0.814. The van der Waals surface area contributed by atoms with E-state index >= 15 is 0 Å². The van der Waals surface area contributed by atoms with Crippen molar-refractivity contribution in [3.8, 4) is 0 Å². The number of hydrogen-bond donors (Lipinski definition) is 0. The van der Waals surface area contributed by atoms with Crippen LogP contribution in [-0.2, 0) is 0 Å². The second-order valence-electron chi connectivity index (χ2n) is 1.91. The van der Waals surface area contributed by atoms with Gasteiger partial charge in [-0.2, -0.15) is 0 Å². The summed E-state index contributed by atoms with van der Waals surface area (Å²) in [6.45, 7) is 0. The average molecular weight is 197 g/mol. The molecule has 0 amide bonds. The number of aromatic carboxylic acids is 1. The number of carbonyl (C=O) groups excluding carboxylic acids is 1. The summed E-state index contributed by atoms with van der Waals surface area (Å²) in [6, 6.07) is 3.27. The molecule has 0 heterocycles. The van der Waals surface area contributed by atoms with E-state index in [0.29, 0.717) is 0 Å². The van der Waals surface area contributed by atoms with Crippen molar-refractivity contribution in [3.05, 3.63) is 34.6 Å². The maximum absolute atomic E-state index is 12.6. The zero-order chi connectivity index (χ0) is 8.43. The second-order valence-corrected chi connectivity index (χ2v) is 2.35. The Morgan fingerprint density at radius 1 is 1.50 bits per heavy atom. The van der Waals surface area contributed by atoms with Gasteiger partial charge >= 0.3 is 29.6 Å². The Morgan fingerprint density at radius 2 is 2.08 bits per heavy atom. The van der Waals surface area contributed by atoms with Crippen LogP contribution in [0.25, 0.3) is 0 Å². The third kappa shape index (κ3) is 2.75. The van der Waals surface area contributed by atoms with Gasteiger partial charge in [-0.3, -0.25) is 0 Å². The number of halogens is 2. The average Bonchev–Trinajstić information content (AvgIpc) is 1.85. The minimum absolute atomic E-state index is 0. The molecular weight excluding hydrogens is 194 g/mol. The Labute approximate surface area is 95.6 Å². The molecule has 0 aromatic heterocycles. The molecule has 5 heteroatoms. The Balaban J connectivity index is 0.00000121. The van der Waals surface area contributed by atoms with E-state index in [0.717, 1.165) is 12.1 Å². The van der Waals surface area contributed by atoms with Gasteiger partial charge in [0.15, 0.2) is 0 Å². The largest absolute Gasteiger partial charge is 1.00 e. The Morgan fingerprint density at radius 3 is 2.50 bits per heavy atom. The van der Waals surface area contributed by atoms with E-state index in [4.69, 9.17) is 11.6 Å². The molecule has 2 nitrogen and oxygen atoms in total. The van der Waals surface area contributed by atoms with E-state index < -0.39 is 17.3 Å². The molecule has 0 aliphatic heterocycles. The molecule has 0 fully saturated rings. The van der Waals surface area contributed by atoms with Crippen LogP contribution in [0.1, 0.15) is 10.4 Å². The predicted molar refractivity (Wildman–Crippen MR) is 35.7 cm³/mol. The van der Waals surface area contributed by atoms with Gasteiger partial charge in [0.1, 0.15) is 5.82 Å². The van der Waals surface area contributed by atoms with Crippen LogP contribution < -0.4 is 34.7 Å². The minimum Gasteiger partial charge on any atom is -0.545 e. The summed E-state index contributed by atoms with van der Waals surface area (Å²) in [5.41, 5.74) is -0.477. The summed E-state index contributed by atoms with van der Waals surface area (Å²) in [4.78, 5) is 10.1. The van der Waals surface area contributed by atoms with Crippen LogP contribution in [0.3, 0.4) is 0 Å². The molecule has 0 bridgehead atoms. The smallest absolute Gasteiger partial charge is 0.545 e. The van der Waals surface area contributed by atoms with Crippen LogP contribution in [0, 0.1) is 5.82 Å². The summed E-state index contributed by atoms with van der Waals surface area (Å²) in [7, 11) is 0. The monoisotopic (exact) mass is 196 g/mol. The molecule has 58 valence electrons. The van der Waals surface area contributed by atoms with Crippen LogP contribution >= 0.6 is 11.6 Å². The van der Waals surface area contributed by atoms with Crippen LogP contribution in [-0.4, -0.2) is 5.97 Å². The van der Waals surface area contributed by atoms with Crippen molar-refractivity contribution in [1.29, 1.82) is 0 Å². The molecule has 0 aliphatic rings. The molecule has 1 rings (SSSR count). The van der Waals surface area contributed by atoms with Crippen molar-refractivity contribution < 1.29 is 43.8 Å². The minimum atomic E-state index is -1.54. The van der Waals surface area contributed by atoms with Gasteiger partial charge in [0.25, 0.3) is 0 Å². The molecule has 0 spiro atoms. The molecule has 1 aromatic carbocycles. The van der Waals surface area contributed by atoms with Crippen LogP contribution in [0.5, 0.6) is 0 Å². The van der Waals surface area contributed by atoms with E-state index in [9.17, 15) is 14.3 Å². The van der Waals surface area contributed by atoms with Crippen LogP contribution in [0.4, 0.5) is 4.39 Å². The van der Waals surface area contributed by atoms with Gasteiger partial charge in [-0.05, 0) is 18.2 Å². The predicted octanol–water partition coefficient (Wildman–Crippen LogP) is -2.15. The van der Waals surface area contributed by atoms with Crippen LogP contribution in [0.2, 0.25) is 5.02 Å². The van der Waals surface area contributed by atoms with Crippen molar-refractivity contribution in [1.82, 2.24) is 0 Å². The maximum atomic E-state index is 12.6. The molecule has 12 heavy (non-hydrogen) atoms. The number of rotatable bonds is 1. The molecule has 0 saturated carbocycles. The molecule has 0 atom stereocenters. The van der Waals surface area contributed by atoms with Crippen molar-refractivity contribution in [2.45, 2.75) is 0 Å². The Kier molecular flexibility index (Phi) is 4.78. The van der Waals surface area contributed by atoms with Gasteiger partial charge in [-0.15, -0.1) is 0 Å². The first-order chi connectivity index (χ1) is 5.11. The third-order valence-electron chi connectivity index (χ3n) is 1.15. The maximum Gasteiger partial charge on any atom is 1.00 e. The second kappa shape index (κ2) is 4.82. The number of carboxylic acid groups (broad SMARTS) is 1. The summed E-state index contributed by atoms with van der Waals surface area (Å²) in [5.74, 6) is -2.42. The SMILES string of the molecule is O=C([O-])c1ccc(Cl)cc1F.[Na+]. The van der Waals surface area contributed by atoms with Gasteiger partial charge in [0.2, 0.25) is 0 Å². The van der Waals surface area contributed by atoms with Crippen molar-refractivity contribution >= 4 is 17.6 Å². The third-order valence-corrected chi connectivity index (χ3v) is 1.39. The van der Waals surface area contributed by atoms with Crippen molar-refractivity contribution in [2.75, 3.05) is 0 Å². The molecule has 1 aromatic rings. The number of benzene rings is 1. The van der Waals surface area contributed by atoms with E-state index in [1.807, 2.05) is 0 Å². The van der Waals surface area contributed by atoms with Crippen molar-refractivity contribution in [2.24, 2.45) is 0 Å². The number of carboxylic acids is 1. The quantitative estimate of drug-likeness (QED) is 0.481. The van der Waals surface area contributed by atoms with E-state index in [2.05, 4.69) is 0 Å². The molecule has 0 N–H and O–H groups in total. The van der Waals surface area contributed by atoms with Crippen LogP contribution in [0.15, 0.2) is 18.2 Å². The summed E-state index contributed by atoms with van der Waals surface area (Å²) in [6.07, 6.45) is 0. The normalized spacial score (nSPS) is 8.83. The molecule has 0 radical (unpaired) electrons. The number of hydrogen-bond acceptors (Lipinski definition) is 2. The Bertz CT molecular complexity index is 303. The molecular formula is C7H3ClFNaO2. The standard InChI is InChI=1S/C7H4ClFO2.Na/c8-4-1-2-5(7(10)11)6(9)3-4;/h1-3H,(H,10,11);/q;+1/p-1. The van der Waals surface area contributed by atoms with Gasteiger partial charge in [0, 0.05) is 10.6 Å².